The van der Waals surface area contributed by atoms with Gasteiger partial charge in [-0.25, -0.2) is 21.9 Å². The fraction of sp³-hybridized carbons (Fsp3) is 0.647. The third kappa shape index (κ3) is 4.58. The molecule has 2 aliphatic rings. The molecule has 3 atom stereocenters. The van der Waals surface area contributed by atoms with E-state index in [4.69, 9.17) is 4.74 Å². The molecule has 146 valence electrons. The number of nitrogens with zero attached hydrogens (tertiary/aromatic N) is 1. The Bertz CT molecular complexity index is 717. The van der Waals surface area contributed by atoms with Gasteiger partial charge >= 0.3 is 0 Å². The quantitative estimate of drug-likeness (QED) is 0.788. The topological polar surface area (TPSA) is 78.9 Å². The fourth-order valence-electron chi connectivity index (χ4n) is 3.25. The number of ether oxygens (including phenoxy) is 1. The number of nitrogens with one attached hydrogen (secondary N) is 1. The Balaban J connectivity index is 1.57. The Morgan fingerprint density at radius 2 is 1.88 bits per heavy atom. The highest BCUT2D eigenvalue weighted by atomic mass is 32.2. The molecule has 0 amide bonds. The van der Waals surface area contributed by atoms with E-state index in [1.807, 2.05) is 11.8 Å². The van der Waals surface area contributed by atoms with Crippen LogP contribution in [0.3, 0.4) is 0 Å². The van der Waals surface area contributed by atoms with Gasteiger partial charge in [0.2, 0.25) is 10.0 Å². The second-order valence-corrected chi connectivity index (χ2v) is 8.77. The minimum absolute atomic E-state index is 0.0426. The van der Waals surface area contributed by atoms with E-state index in [-0.39, 0.29) is 37.4 Å². The van der Waals surface area contributed by atoms with Crippen LogP contribution in [-0.2, 0) is 14.8 Å². The lowest BCUT2D eigenvalue weighted by atomic mass is 10.0. The number of aryl methyl sites for hydroxylation is 1. The molecule has 1 aromatic rings. The third-order valence-electron chi connectivity index (χ3n) is 4.95. The number of halogens is 2. The molecule has 6 nitrogen and oxygen atoms in total. The molecule has 1 aromatic carbocycles. The number of aliphatic hydroxyl groups excluding tert-OH is 1. The number of benzene rings is 1. The van der Waals surface area contributed by atoms with E-state index < -0.39 is 34.2 Å². The van der Waals surface area contributed by atoms with Crippen molar-refractivity contribution in [3.8, 4) is 0 Å². The average Bonchev–Trinajstić information content (AvgIpc) is 2.90. The summed E-state index contributed by atoms with van der Waals surface area (Å²) in [5.41, 5.74) is 0.945. The molecule has 2 heterocycles. The van der Waals surface area contributed by atoms with E-state index in [9.17, 15) is 22.3 Å². The van der Waals surface area contributed by atoms with Gasteiger partial charge in [-0.05, 0) is 19.1 Å². The first-order valence-corrected chi connectivity index (χ1v) is 10.1. The fourth-order valence-corrected chi connectivity index (χ4v) is 4.49. The van der Waals surface area contributed by atoms with Crippen LogP contribution in [0.2, 0.25) is 0 Å². The van der Waals surface area contributed by atoms with Crippen LogP contribution in [0.15, 0.2) is 29.2 Å². The maximum atomic E-state index is 13.2. The SMILES string of the molecule is Cc1ccc(S(=O)(=O)NC2COC(CN3CCC(F)(F)CC3)C2O)cc1. The summed E-state index contributed by atoms with van der Waals surface area (Å²) < 4.78 is 59.3. The number of rotatable bonds is 5. The first-order chi connectivity index (χ1) is 12.2. The lowest BCUT2D eigenvalue weighted by Crippen LogP contribution is -2.48. The summed E-state index contributed by atoms with van der Waals surface area (Å²) in [6, 6.07) is 5.64. The summed E-state index contributed by atoms with van der Waals surface area (Å²) in [7, 11) is -3.77. The molecular weight excluding hydrogens is 366 g/mol. The second kappa shape index (κ2) is 7.47. The molecule has 0 radical (unpaired) electrons. The molecule has 2 aliphatic heterocycles. The molecule has 9 heteroatoms. The van der Waals surface area contributed by atoms with Gasteiger partial charge in [-0.15, -0.1) is 0 Å². The molecule has 2 saturated heterocycles. The minimum atomic E-state index is -3.77. The van der Waals surface area contributed by atoms with Crippen molar-refractivity contribution in [1.82, 2.24) is 9.62 Å². The number of sulfonamides is 1. The van der Waals surface area contributed by atoms with Crippen LogP contribution in [0.25, 0.3) is 0 Å². The van der Waals surface area contributed by atoms with Crippen molar-refractivity contribution in [3.05, 3.63) is 29.8 Å². The lowest BCUT2D eigenvalue weighted by Gasteiger charge is -2.33. The lowest BCUT2D eigenvalue weighted by molar-refractivity contribution is -0.0674. The van der Waals surface area contributed by atoms with Gasteiger partial charge in [-0.3, -0.25) is 0 Å². The Kier molecular flexibility index (Phi) is 5.64. The molecule has 0 spiro atoms. The van der Waals surface area contributed by atoms with Crippen LogP contribution < -0.4 is 4.72 Å². The molecule has 2 fully saturated rings. The van der Waals surface area contributed by atoms with Gasteiger partial charge in [-0.2, -0.15) is 0 Å². The molecule has 0 bridgehead atoms. The Labute approximate surface area is 152 Å². The van der Waals surface area contributed by atoms with Crippen LogP contribution in [-0.4, -0.2) is 68.8 Å². The summed E-state index contributed by atoms with van der Waals surface area (Å²) in [4.78, 5) is 1.94. The van der Waals surface area contributed by atoms with Crippen LogP contribution in [0, 0.1) is 6.92 Å². The van der Waals surface area contributed by atoms with Crippen molar-refractivity contribution >= 4 is 10.0 Å². The van der Waals surface area contributed by atoms with Crippen molar-refractivity contribution in [2.24, 2.45) is 0 Å². The van der Waals surface area contributed by atoms with E-state index in [2.05, 4.69) is 4.72 Å². The highest BCUT2D eigenvalue weighted by Crippen LogP contribution is 2.28. The van der Waals surface area contributed by atoms with Crippen molar-refractivity contribution < 1.29 is 27.0 Å². The van der Waals surface area contributed by atoms with E-state index in [0.29, 0.717) is 6.54 Å². The smallest absolute Gasteiger partial charge is 0.250 e. The van der Waals surface area contributed by atoms with Crippen molar-refractivity contribution in [3.63, 3.8) is 0 Å². The number of piperidine rings is 1. The number of hydrogen-bond donors (Lipinski definition) is 2. The highest BCUT2D eigenvalue weighted by Gasteiger charge is 2.41. The third-order valence-corrected chi connectivity index (χ3v) is 6.45. The minimum Gasteiger partial charge on any atom is -0.389 e. The maximum absolute atomic E-state index is 13.2. The van der Waals surface area contributed by atoms with Gasteiger partial charge in [-0.1, -0.05) is 17.7 Å². The van der Waals surface area contributed by atoms with Crippen LogP contribution in [0.4, 0.5) is 8.78 Å². The molecule has 0 aliphatic carbocycles. The maximum Gasteiger partial charge on any atom is 0.250 e. The van der Waals surface area contributed by atoms with Crippen molar-refractivity contribution in [1.29, 1.82) is 0 Å². The zero-order valence-electron chi connectivity index (χ0n) is 14.6. The largest absolute Gasteiger partial charge is 0.389 e. The summed E-state index contributed by atoms with van der Waals surface area (Å²) >= 11 is 0. The van der Waals surface area contributed by atoms with Crippen LogP contribution >= 0.6 is 0 Å². The number of aliphatic hydroxyl groups is 1. The van der Waals surface area contributed by atoms with Crippen molar-refractivity contribution in [2.45, 2.75) is 48.8 Å². The molecule has 0 aromatic heterocycles. The Hall–Kier alpha value is -1.13. The zero-order valence-corrected chi connectivity index (χ0v) is 15.4. The normalized spacial score (nSPS) is 29.8. The number of likely N-dealkylation sites (tertiary alicyclic amines) is 1. The van der Waals surface area contributed by atoms with E-state index >= 15 is 0 Å². The molecule has 2 N–H and O–H groups in total. The number of hydrogen-bond acceptors (Lipinski definition) is 5. The summed E-state index contributed by atoms with van der Waals surface area (Å²) in [6.07, 6.45) is -2.05. The van der Waals surface area contributed by atoms with Crippen LogP contribution in [0.1, 0.15) is 18.4 Å². The van der Waals surface area contributed by atoms with Gasteiger partial charge in [0.1, 0.15) is 0 Å². The summed E-state index contributed by atoms with van der Waals surface area (Å²) in [6.45, 7) is 2.68. The first kappa shape index (κ1) is 19.6. The van der Waals surface area contributed by atoms with E-state index in [0.717, 1.165) is 5.56 Å². The summed E-state index contributed by atoms with van der Waals surface area (Å²) in [5, 5.41) is 10.4. The number of alkyl halides is 2. The monoisotopic (exact) mass is 390 g/mol. The standard InChI is InChI=1S/C17H24F2N2O4S/c1-12-2-4-13(5-3-12)26(23,24)20-14-11-25-15(16(14)22)10-21-8-6-17(18,19)7-9-21/h2-5,14-16,20,22H,6-11H2,1H3. The molecule has 3 unspecified atom stereocenters. The molecule has 26 heavy (non-hydrogen) atoms. The van der Waals surface area contributed by atoms with E-state index in [1.54, 1.807) is 12.1 Å². The van der Waals surface area contributed by atoms with Crippen molar-refractivity contribution in [2.75, 3.05) is 26.2 Å². The van der Waals surface area contributed by atoms with Gasteiger partial charge in [0.25, 0.3) is 5.92 Å². The van der Waals surface area contributed by atoms with Gasteiger partial charge in [0.15, 0.2) is 0 Å². The predicted octanol–water partition coefficient (Wildman–Crippen LogP) is 1.13. The van der Waals surface area contributed by atoms with E-state index in [1.165, 1.54) is 12.1 Å². The predicted molar refractivity (Wildman–Crippen MR) is 91.7 cm³/mol. The first-order valence-electron chi connectivity index (χ1n) is 8.65. The molecule has 0 saturated carbocycles. The second-order valence-electron chi connectivity index (χ2n) is 7.06. The molecule has 3 rings (SSSR count). The van der Waals surface area contributed by atoms with Gasteiger partial charge in [0.05, 0.1) is 29.8 Å². The highest BCUT2D eigenvalue weighted by molar-refractivity contribution is 7.89. The van der Waals surface area contributed by atoms with Gasteiger partial charge < -0.3 is 14.7 Å². The zero-order chi connectivity index (χ0) is 18.9. The summed E-state index contributed by atoms with van der Waals surface area (Å²) in [5.74, 6) is -2.63. The Morgan fingerprint density at radius 1 is 1.27 bits per heavy atom. The van der Waals surface area contributed by atoms with Gasteiger partial charge in [0, 0.05) is 32.5 Å². The molecular formula is C17H24F2N2O4S. The average molecular weight is 390 g/mol. The Morgan fingerprint density at radius 3 is 2.50 bits per heavy atom. The van der Waals surface area contributed by atoms with Crippen LogP contribution in [0.5, 0.6) is 0 Å².